The van der Waals surface area contributed by atoms with E-state index in [4.69, 9.17) is 18.8 Å². The van der Waals surface area contributed by atoms with Gasteiger partial charge in [-0.3, -0.25) is 29.9 Å². The fourth-order valence-corrected chi connectivity index (χ4v) is 9.61. The number of rotatable bonds is 5. The molecular formula is C54H30N8O2. The molecule has 4 aromatic carbocycles. The molecule has 0 N–H and O–H groups in total. The molecule has 0 aliphatic heterocycles. The van der Waals surface area contributed by atoms with E-state index in [0.717, 1.165) is 133 Å². The van der Waals surface area contributed by atoms with E-state index >= 15 is 0 Å². The average Bonchev–Trinajstić information content (AvgIpc) is 4.11. The van der Waals surface area contributed by atoms with Crippen LogP contribution in [-0.4, -0.2) is 39.0 Å². The molecule has 0 spiro atoms. The summed E-state index contributed by atoms with van der Waals surface area (Å²) >= 11 is 0. The predicted octanol–water partition coefficient (Wildman–Crippen LogP) is 13.1. The maximum atomic E-state index is 6.62. The lowest BCUT2D eigenvalue weighted by Crippen LogP contribution is -1.93. The monoisotopic (exact) mass is 822 g/mol. The number of hydrogen-bond donors (Lipinski definition) is 0. The van der Waals surface area contributed by atoms with Gasteiger partial charge in [0, 0.05) is 70.5 Å². The first-order valence-electron chi connectivity index (χ1n) is 21.0. The van der Waals surface area contributed by atoms with Crippen molar-refractivity contribution in [1.29, 1.82) is 0 Å². The van der Waals surface area contributed by atoms with E-state index in [1.54, 1.807) is 0 Å². The third kappa shape index (κ3) is 5.01. The quantitative estimate of drug-likeness (QED) is 0.169. The van der Waals surface area contributed by atoms with Gasteiger partial charge in [0.05, 0.1) is 22.1 Å². The van der Waals surface area contributed by atoms with Crippen LogP contribution in [0.2, 0.25) is 0 Å². The lowest BCUT2D eigenvalue weighted by atomic mass is 9.96. The Hall–Kier alpha value is -9.02. The molecule has 14 rings (SSSR count). The van der Waals surface area contributed by atoms with Crippen LogP contribution < -0.4 is 0 Å². The summed E-state index contributed by atoms with van der Waals surface area (Å²) in [6.07, 6.45) is 11.0. The number of pyridine rings is 6. The minimum atomic E-state index is 0.741. The van der Waals surface area contributed by atoms with Crippen LogP contribution in [0.3, 0.4) is 0 Å². The van der Waals surface area contributed by atoms with Gasteiger partial charge in [-0.1, -0.05) is 36.4 Å². The molecule has 64 heavy (non-hydrogen) atoms. The zero-order valence-corrected chi connectivity index (χ0v) is 33.7. The summed E-state index contributed by atoms with van der Waals surface area (Å²) in [7, 11) is 0. The summed E-state index contributed by atoms with van der Waals surface area (Å²) in [5, 5.41) is 1.88. The highest BCUT2D eigenvalue weighted by atomic mass is 16.3. The molecule has 10 nitrogen and oxygen atoms in total. The smallest absolute Gasteiger partial charge is 0.161 e. The van der Waals surface area contributed by atoms with Gasteiger partial charge in [0.15, 0.2) is 11.2 Å². The second-order valence-electron chi connectivity index (χ2n) is 16.0. The molecule has 0 aliphatic carbocycles. The zero-order chi connectivity index (χ0) is 41.9. The average molecular weight is 823 g/mol. The van der Waals surface area contributed by atoms with Crippen LogP contribution in [0.5, 0.6) is 0 Å². The number of aromatic nitrogens is 8. The summed E-state index contributed by atoms with van der Waals surface area (Å²) in [5.74, 6) is 0. The van der Waals surface area contributed by atoms with Gasteiger partial charge < -0.3 is 18.0 Å². The van der Waals surface area contributed by atoms with Gasteiger partial charge in [0.1, 0.15) is 44.3 Å². The van der Waals surface area contributed by atoms with Gasteiger partial charge in [-0.25, -0.2) is 0 Å². The van der Waals surface area contributed by atoms with Gasteiger partial charge in [-0.2, -0.15) is 0 Å². The highest BCUT2D eigenvalue weighted by Gasteiger charge is 2.20. The summed E-state index contributed by atoms with van der Waals surface area (Å²) in [6.45, 7) is 0. The number of nitrogens with zero attached hydrogens (tertiary/aromatic N) is 8. The molecule has 0 radical (unpaired) electrons. The Morgan fingerprint density at radius 2 is 0.688 bits per heavy atom. The SMILES string of the molecule is c1cc(-c2cccc(-c3ccnc4c3oc3ccc(-n5c6cccnc6c6ncccc65)cc34)c2)cc(-c2ccnc3c2oc2ccc(-n4c5cccnc5c5ncccc54)cc23)c1. The van der Waals surface area contributed by atoms with Gasteiger partial charge in [-0.15, -0.1) is 0 Å². The first kappa shape index (κ1) is 34.7. The highest BCUT2D eigenvalue weighted by Crippen LogP contribution is 2.41. The van der Waals surface area contributed by atoms with Gasteiger partial charge >= 0.3 is 0 Å². The molecule has 298 valence electrons. The lowest BCUT2D eigenvalue weighted by molar-refractivity contribution is 0.669. The van der Waals surface area contributed by atoms with Crippen molar-refractivity contribution in [3.63, 3.8) is 0 Å². The predicted molar refractivity (Wildman–Crippen MR) is 253 cm³/mol. The number of fused-ring (bicyclic) bond motifs is 12. The Labute approximate surface area is 362 Å². The summed E-state index contributed by atoms with van der Waals surface area (Å²) in [4.78, 5) is 28.4. The van der Waals surface area contributed by atoms with E-state index in [1.165, 1.54) is 0 Å². The van der Waals surface area contributed by atoms with E-state index in [-0.39, 0.29) is 0 Å². The van der Waals surface area contributed by atoms with Crippen molar-refractivity contribution in [3.8, 4) is 44.8 Å². The molecule has 0 saturated carbocycles. The molecule has 14 aromatic rings. The van der Waals surface area contributed by atoms with Crippen molar-refractivity contribution in [2.45, 2.75) is 0 Å². The van der Waals surface area contributed by atoms with Crippen molar-refractivity contribution in [1.82, 2.24) is 39.0 Å². The van der Waals surface area contributed by atoms with Crippen molar-refractivity contribution < 1.29 is 8.83 Å². The Bertz CT molecular complexity index is 3850. The Balaban J connectivity index is 0.842. The molecule has 10 heterocycles. The maximum absolute atomic E-state index is 6.62. The summed E-state index contributed by atoms with van der Waals surface area (Å²) in [5.41, 5.74) is 20.2. The molecule has 0 bridgehead atoms. The lowest BCUT2D eigenvalue weighted by Gasteiger charge is -2.09. The van der Waals surface area contributed by atoms with Gasteiger partial charge in [0.25, 0.3) is 0 Å². The molecule has 0 atom stereocenters. The van der Waals surface area contributed by atoms with Crippen molar-refractivity contribution in [2.24, 2.45) is 0 Å². The van der Waals surface area contributed by atoms with Crippen LogP contribution in [0.25, 0.3) is 133 Å². The number of hydrogen-bond acceptors (Lipinski definition) is 8. The third-order valence-electron chi connectivity index (χ3n) is 12.4. The molecule has 0 unspecified atom stereocenters. The van der Waals surface area contributed by atoms with Crippen LogP contribution in [0.15, 0.2) is 192 Å². The van der Waals surface area contributed by atoms with Gasteiger partial charge in [0.2, 0.25) is 0 Å². The van der Waals surface area contributed by atoms with Crippen LogP contribution in [0.4, 0.5) is 0 Å². The first-order chi connectivity index (χ1) is 31.7. The van der Waals surface area contributed by atoms with Crippen LogP contribution in [-0.2, 0) is 0 Å². The third-order valence-corrected chi connectivity index (χ3v) is 12.4. The van der Waals surface area contributed by atoms with Crippen LogP contribution in [0, 0.1) is 0 Å². The Morgan fingerprint density at radius 1 is 0.312 bits per heavy atom. The standard InChI is InChI=1S/C54H30N8O2/c1-7-31(27-33(9-1)37-19-25-59-47-39-29-35(15-17-45(39)63-53(37)47)61-41-11-3-21-55-49(41)50-42(61)12-4-22-56-50)32-8-2-10-34(28-32)38-20-26-60-48-40-30-36(16-18-46(40)64-54(38)48)62-43-13-5-23-57-51(43)52-44(62)14-6-24-58-52/h1-30H. The topological polar surface area (TPSA) is 113 Å². The molecule has 0 aliphatic rings. The Morgan fingerprint density at radius 3 is 1.09 bits per heavy atom. The molecule has 0 saturated heterocycles. The van der Waals surface area contributed by atoms with Crippen molar-refractivity contribution in [3.05, 3.63) is 183 Å². The normalized spacial score (nSPS) is 12.1. The van der Waals surface area contributed by atoms with Gasteiger partial charge in [-0.05, 0) is 131 Å². The molecule has 0 fully saturated rings. The summed E-state index contributed by atoms with van der Waals surface area (Å²) in [6, 6.07) is 49.9. The van der Waals surface area contributed by atoms with E-state index < -0.39 is 0 Å². The van der Waals surface area contributed by atoms with Crippen LogP contribution in [0.1, 0.15) is 0 Å². The van der Waals surface area contributed by atoms with Crippen LogP contribution >= 0.6 is 0 Å². The first-order valence-corrected chi connectivity index (χ1v) is 21.0. The molecule has 0 amide bonds. The second kappa shape index (κ2) is 13.2. The summed E-state index contributed by atoms with van der Waals surface area (Å²) < 4.78 is 17.6. The molecular weight excluding hydrogens is 793 g/mol. The van der Waals surface area contributed by atoms with E-state index in [1.807, 2.05) is 85.7 Å². The molecule has 10 heteroatoms. The van der Waals surface area contributed by atoms with E-state index in [9.17, 15) is 0 Å². The minimum absolute atomic E-state index is 0.741. The van der Waals surface area contributed by atoms with E-state index in [2.05, 4.69) is 126 Å². The van der Waals surface area contributed by atoms with Crippen molar-refractivity contribution >= 4 is 88.3 Å². The van der Waals surface area contributed by atoms with E-state index in [0.29, 0.717) is 0 Å². The maximum Gasteiger partial charge on any atom is 0.161 e. The fraction of sp³-hybridized carbons (Fsp3) is 0. The molecule has 10 aromatic heterocycles. The highest BCUT2D eigenvalue weighted by molar-refractivity contribution is 6.11. The largest absolute Gasteiger partial charge is 0.454 e. The number of benzene rings is 4. The van der Waals surface area contributed by atoms with Crippen molar-refractivity contribution in [2.75, 3.05) is 0 Å². The minimum Gasteiger partial charge on any atom is -0.454 e. The number of furan rings is 2. The Kier molecular flexibility index (Phi) is 7.17. The second-order valence-corrected chi connectivity index (χ2v) is 16.0. The fourth-order valence-electron chi connectivity index (χ4n) is 9.61. The zero-order valence-electron chi connectivity index (χ0n) is 33.7.